The number of nitrogens with two attached hydrogens (primary N) is 1. The van der Waals surface area contributed by atoms with Crippen LogP contribution in [0, 0.1) is 5.82 Å². The number of carbonyl (C=O) groups is 2. The second-order valence-electron chi connectivity index (χ2n) is 6.73. The molecule has 4 aromatic rings. The number of oxime groups is 1. The van der Waals surface area contributed by atoms with Gasteiger partial charge in [0.2, 0.25) is 5.96 Å². The Morgan fingerprint density at radius 1 is 1.09 bits per heavy atom. The van der Waals surface area contributed by atoms with E-state index in [0.717, 1.165) is 0 Å². The number of pyridine rings is 1. The average molecular weight is 459 g/mol. The van der Waals surface area contributed by atoms with Crippen LogP contribution in [0.4, 0.5) is 17.6 Å². The summed E-state index contributed by atoms with van der Waals surface area (Å²) in [4.78, 5) is 31.4. The van der Waals surface area contributed by atoms with Crippen LogP contribution in [0.2, 0.25) is 0 Å². The molecular weight excluding hydrogens is 446 g/mol. The zero-order valence-corrected chi connectivity index (χ0v) is 16.4. The summed E-state index contributed by atoms with van der Waals surface area (Å²) < 4.78 is 52.1. The van der Waals surface area contributed by atoms with Gasteiger partial charge < -0.3 is 15.1 Å². The number of rotatable bonds is 3. The van der Waals surface area contributed by atoms with Crippen molar-refractivity contribution >= 4 is 39.6 Å². The van der Waals surface area contributed by atoms with E-state index in [-0.39, 0.29) is 5.56 Å². The average Bonchev–Trinajstić information content (AvgIpc) is 3.16. The minimum Gasteiger partial charge on any atom is -0.367 e. The number of hydrogen-bond donors (Lipinski definition) is 2. The van der Waals surface area contributed by atoms with Crippen molar-refractivity contribution in [3.63, 3.8) is 0 Å². The smallest absolute Gasteiger partial charge is 0.367 e. The summed E-state index contributed by atoms with van der Waals surface area (Å²) in [5.74, 6) is -4.73. The van der Waals surface area contributed by atoms with Gasteiger partial charge in [-0.1, -0.05) is 18.2 Å². The Morgan fingerprint density at radius 2 is 1.85 bits per heavy atom. The normalized spacial score (nSPS) is 12.2. The highest BCUT2D eigenvalue weighted by Gasteiger charge is 2.41. The Kier molecular flexibility index (Phi) is 5.42. The first-order valence-corrected chi connectivity index (χ1v) is 9.23. The molecule has 2 aromatic heterocycles. The molecule has 0 saturated heterocycles. The maximum atomic E-state index is 13.9. The van der Waals surface area contributed by atoms with Gasteiger partial charge in [-0.2, -0.15) is 13.2 Å². The first-order chi connectivity index (χ1) is 15.6. The summed E-state index contributed by atoms with van der Waals surface area (Å²) in [5.41, 5.74) is 7.11. The Hall–Kier alpha value is -4.48. The van der Waals surface area contributed by atoms with E-state index in [1.807, 2.05) is 0 Å². The standard InChI is InChI=1S/C21H13F4N5O3/c22-11-5-6-15-13(9-11)17(7-8-27-15)30-10-14(12-3-1-2-4-16(12)30)18(31)28-20(26)29-33-19(32)21(23,24)25/h1-10H,(H3,26,28,29,31). The predicted octanol–water partition coefficient (Wildman–Crippen LogP) is 3.38. The lowest BCUT2D eigenvalue weighted by molar-refractivity contribution is -0.199. The largest absolute Gasteiger partial charge is 0.493 e. The summed E-state index contributed by atoms with van der Waals surface area (Å²) in [5, 5.41) is 5.81. The van der Waals surface area contributed by atoms with Crippen molar-refractivity contribution in [2.24, 2.45) is 10.9 Å². The number of nitrogens with zero attached hydrogens (tertiary/aromatic N) is 3. The molecule has 0 spiro atoms. The number of fused-ring (bicyclic) bond motifs is 2. The fourth-order valence-corrected chi connectivity index (χ4v) is 3.22. The molecule has 0 unspecified atom stereocenters. The summed E-state index contributed by atoms with van der Waals surface area (Å²) in [6, 6.07) is 12.5. The van der Waals surface area contributed by atoms with E-state index in [9.17, 15) is 27.2 Å². The van der Waals surface area contributed by atoms with Gasteiger partial charge in [0, 0.05) is 23.2 Å². The monoisotopic (exact) mass is 459 g/mol. The Balaban J connectivity index is 1.72. The number of carbonyl (C=O) groups excluding carboxylic acids is 2. The van der Waals surface area contributed by atoms with Crippen LogP contribution < -0.4 is 11.1 Å². The maximum Gasteiger partial charge on any atom is 0.493 e. The Labute approximate surface area is 182 Å². The van der Waals surface area contributed by atoms with Gasteiger partial charge in [-0.25, -0.2) is 9.18 Å². The van der Waals surface area contributed by atoms with Gasteiger partial charge in [0.25, 0.3) is 5.91 Å². The maximum absolute atomic E-state index is 13.9. The minimum atomic E-state index is -5.27. The molecule has 4 rings (SSSR count). The molecule has 2 heterocycles. The topological polar surface area (TPSA) is 112 Å². The quantitative estimate of drug-likeness (QED) is 0.160. The van der Waals surface area contributed by atoms with Crippen molar-refractivity contribution in [2.75, 3.05) is 0 Å². The van der Waals surface area contributed by atoms with E-state index >= 15 is 0 Å². The van der Waals surface area contributed by atoms with Crippen molar-refractivity contribution in [1.29, 1.82) is 0 Å². The van der Waals surface area contributed by atoms with Gasteiger partial charge in [-0.3, -0.25) is 15.1 Å². The summed E-state index contributed by atoms with van der Waals surface area (Å²) >= 11 is 0. The zero-order chi connectivity index (χ0) is 23.8. The molecule has 2 aromatic carbocycles. The lowest BCUT2D eigenvalue weighted by Crippen LogP contribution is -2.37. The Bertz CT molecular complexity index is 1430. The number of halogens is 4. The SMILES string of the molecule is NC(=NOC(=O)C(F)(F)F)NC(=O)c1cn(-c2ccnc3ccc(F)cc23)c2ccccc12. The van der Waals surface area contributed by atoms with Crippen LogP contribution in [0.3, 0.4) is 0 Å². The van der Waals surface area contributed by atoms with Crippen LogP contribution in [-0.4, -0.2) is 33.6 Å². The highest BCUT2D eigenvalue weighted by molar-refractivity contribution is 6.13. The molecule has 3 N–H and O–H groups in total. The molecule has 0 fully saturated rings. The number of benzene rings is 2. The third-order valence-corrected chi connectivity index (χ3v) is 4.60. The number of amides is 1. The Morgan fingerprint density at radius 3 is 2.61 bits per heavy atom. The highest BCUT2D eigenvalue weighted by atomic mass is 19.4. The number of guanidine groups is 1. The number of nitrogens with one attached hydrogen (secondary N) is 1. The van der Waals surface area contributed by atoms with Gasteiger partial charge in [-0.15, -0.1) is 0 Å². The van der Waals surface area contributed by atoms with E-state index in [1.165, 1.54) is 30.6 Å². The van der Waals surface area contributed by atoms with Crippen LogP contribution in [0.5, 0.6) is 0 Å². The molecule has 33 heavy (non-hydrogen) atoms. The minimum absolute atomic E-state index is 0.0901. The second-order valence-corrected chi connectivity index (χ2v) is 6.73. The zero-order valence-electron chi connectivity index (χ0n) is 16.4. The molecule has 168 valence electrons. The fourth-order valence-electron chi connectivity index (χ4n) is 3.22. The molecule has 0 aliphatic heterocycles. The molecule has 12 heteroatoms. The molecule has 8 nitrogen and oxygen atoms in total. The van der Waals surface area contributed by atoms with Crippen molar-refractivity contribution in [3.8, 4) is 5.69 Å². The molecule has 0 saturated carbocycles. The van der Waals surface area contributed by atoms with Crippen LogP contribution >= 0.6 is 0 Å². The van der Waals surface area contributed by atoms with Crippen LogP contribution in [0.15, 0.2) is 66.1 Å². The summed E-state index contributed by atoms with van der Waals surface area (Å²) in [6.07, 6.45) is -2.29. The van der Waals surface area contributed by atoms with E-state index in [0.29, 0.717) is 27.5 Å². The van der Waals surface area contributed by atoms with Crippen LogP contribution in [-0.2, 0) is 9.63 Å². The van der Waals surface area contributed by atoms with Gasteiger partial charge >= 0.3 is 12.1 Å². The third kappa shape index (κ3) is 4.31. The molecular formula is C21H13F4N5O3. The van der Waals surface area contributed by atoms with Gasteiger partial charge in [-0.05, 0) is 35.5 Å². The van der Waals surface area contributed by atoms with Gasteiger partial charge in [0.15, 0.2) is 0 Å². The van der Waals surface area contributed by atoms with Crippen molar-refractivity contribution < 1.29 is 32.0 Å². The molecule has 0 atom stereocenters. The van der Waals surface area contributed by atoms with Crippen molar-refractivity contribution in [1.82, 2.24) is 14.9 Å². The van der Waals surface area contributed by atoms with Crippen LogP contribution in [0.1, 0.15) is 10.4 Å². The first-order valence-electron chi connectivity index (χ1n) is 9.23. The lowest BCUT2D eigenvalue weighted by atomic mass is 10.1. The van der Waals surface area contributed by atoms with E-state index in [2.05, 4.69) is 20.3 Å². The highest BCUT2D eigenvalue weighted by Crippen LogP contribution is 2.29. The number of para-hydroxylation sites is 1. The van der Waals surface area contributed by atoms with Gasteiger partial charge in [0.05, 0.1) is 22.3 Å². The van der Waals surface area contributed by atoms with Crippen LogP contribution in [0.25, 0.3) is 27.5 Å². The summed E-state index contributed by atoms with van der Waals surface area (Å²) in [6.45, 7) is 0. The fraction of sp³-hybridized carbons (Fsp3) is 0.0476. The number of hydrogen-bond acceptors (Lipinski definition) is 5. The first kappa shape index (κ1) is 21.7. The summed E-state index contributed by atoms with van der Waals surface area (Å²) in [7, 11) is 0. The van der Waals surface area contributed by atoms with Crippen molar-refractivity contribution in [3.05, 3.63) is 72.3 Å². The van der Waals surface area contributed by atoms with Gasteiger partial charge in [0.1, 0.15) is 5.82 Å². The molecule has 0 aliphatic rings. The second kappa shape index (κ2) is 8.22. The van der Waals surface area contributed by atoms with E-state index in [1.54, 1.807) is 34.9 Å². The number of aromatic nitrogens is 2. The third-order valence-electron chi connectivity index (χ3n) is 4.60. The number of alkyl halides is 3. The molecule has 0 radical (unpaired) electrons. The molecule has 0 aliphatic carbocycles. The lowest BCUT2D eigenvalue weighted by Gasteiger charge is -2.09. The predicted molar refractivity (Wildman–Crippen MR) is 110 cm³/mol. The van der Waals surface area contributed by atoms with Crippen molar-refractivity contribution in [2.45, 2.75) is 6.18 Å². The van der Waals surface area contributed by atoms with E-state index in [4.69, 9.17) is 5.73 Å². The van der Waals surface area contributed by atoms with E-state index < -0.39 is 29.8 Å². The molecule has 1 amide bonds. The molecule has 0 bridgehead atoms.